The van der Waals surface area contributed by atoms with Crippen LogP contribution in [0.15, 0.2) is 38.0 Å². The summed E-state index contributed by atoms with van der Waals surface area (Å²) in [4.78, 5) is 11.3. The maximum atomic E-state index is 11.3. The van der Waals surface area contributed by atoms with Gasteiger partial charge < -0.3 is 0 Å². The Balaban J connectivity index is 4.73. The first kappa shape index (κ1) is 13.7. The third-order valence-electron chi connectivity index (χ3n) is 2.43. The molecule has 3 N–H and O–H groups in total. The number of rotatable bonds is 8. The SMILES string of the molecule is C=CCC(CC=C)(CC=C)CC(=O)NN. The number of nitrogens with one attached hydrogen (secondary N) is 1. The van der Waals surface area contributed by atoms with Crippen molar-refractivity contribution in [2.75, 3.05) is 0 Å². The summed E-state index contributed by atoms with van der Waals surface area (Å²) in [5.74, 6) is 4.92. The minimum absolute atomic E-state index is 0.166. The van der Waals surface area contributed by atoms with Crippen LogP contribution in [0, 0.1) is 5.41 Å². The summed E-state index contributed by atoms with van der Waals surface area (Å²) in [6.45, 7) is 11.1. The average molecular weight is 208 g/mol. The van der Waals surface area contributed by atoms with Gasteiger partial charge >= 0.3 is 0 Å². The zero-order valence-corrected chi connectivity index (χ0v) is 9.17. The molecule has 0 spiro atoms. The van der Waals surface area contributed by atoms with Crippen LogP contribution in [0.3, 0.4) is 0 Å². The number of hydrogen-bond acceptors (Lipinski definition) is 2. The zero-order valence-electron chi connectivity index (χ0n) is 9.17. The predicted molar refractivity (Wildman–Crippen MR) is 63.8 cm³/mol. The van der Waals surface area contributed by atoms with E-state index in [1.807, 2.05) is 18.2 Å². The van der Waals surface area contributed by atoms with Crippen LogP contribution in [0.25, 0.3) is 0 Å². The van der Waals surface area contributed by atoms with Gasteiger partial charge in [-0.25, -0.2) is 5.84 Å². The fourth-order valence-electron chi connectivity index (χ4n) is 1.78. The molecule has 0 atom stereocenters. The summed E-state index contributed by atoms with van der Waals surface area (Å²) in [5.41, 5.74) is 1.98. The Morgan fingerprint density at radius 3 is 1.80 bits per heavy atom. The summed E-state index contributed by atoms with van der Waals surface area (Å²) in [5, 5.41) is 0. The molecule has 0 aromatic rings. The molecule has 1 amide bonds. The topological polar surface area (TPSA) is 55.1 Å². The summed E-state index contributed by atoms with van der Waals surface area (Å²) in [7, 11) is 0. The molecule has 15 heavy (non-hydrogen) atoms. The Hall–Kier alpha value is -1.35. The number of carbonyl (C=O) groups excluding carboxylic acids is 1. The van der Waals surface area contributed by atoms with Crippen molar-refractivity contribution in [1.82, 2.24) is 5.43 Å². The highest BCUT2D eigenvalue weighted by Crippen LogP contribution is 2.36. The smallest absolute Gasteiger partial charge is 0.234 e. The molecule has 0 aliphatic heterocycles. The first-order chi connectivity index (χ1) is 7.14. The number of hydrazine groups is 1. The molecule has 0 bridgehead atoms. The second kappa shape index (κ2) is 7.01. The molecule has 84 valence electrons. The van der Waals surface area contributed by atoms with Crippen molar-refractivity contribution in [2.45, 2.75) is 25.7 Å². The monoisotopic (exact) mass is 208 g/mol. The molecular formula is C12H20N2O. The van der Waals surface area contributed by atoms with Crippen molar-refractivity contribution < 1.29 is 4.79 Å². The van der Waals surface area contributed by atoms with Crippen molar-refractivity contribution in [3.05, 3.63) is 38.0 Å². The van der Waals surface area contributed by atoms with Gasteiger partial charge in [-0.05, 0) is 24.7 Å². The molecule has 0 fully saturated rings. The standard InChI is InChI=1S/C12H20N2O/c1-4-7-12(8-5-2,9-6-3)10-11(15)14-13/h4-6H,1-3,7-10,13H2,(H,14,15). The van der Waals surface area contributed by atoms with E-state index >= 15 is 0 Å². The fourth-order valence-corrected chi connectivity index (χ4v) is 1.78. The van der Waals surface area contributed by atoms with Crippen LogP contribution in [-0.2, 0) is 4.79 Å². The molecular weight excluding hydrogens is 188 g/mol. The number of hydrogen-bond donors (Lipinski definition) is 2. The largest absolute Gasteiger partial charge is 0.294 e. The van der Waals surface area contributed by atoms with E-state index in [4.69, 9.17) is 5.84 Å². The van der Waals surface area contributed by atoms with Crippen LogP contribution in [-0.4, -0.2) is 5.91 Å². The van der Waals surface area contributed by atoms with Gasteiger partial charge in [-0.3, -0.25) is 10.2 Å². The maximum absolute atomic E-state index is 11.3. The van der Waals surface area contributed by atoms with Gasteiger partial charge in [0.05, 0.1) is 0 Å². The van der Waals surface area contributed by atoms with E-state index in [-0.39, 0.29) is 11.3 Å². The number of nitrogens with two attached hydrogens (primary N) is 1. The lowest BCUT2D eigenvalue weighted by Gasteiger charge is -2.29. The van der Waals surface area contributed by atoms with Gasteiger partial charge in [0, 0.05) is 6.42 Å². The van der Waals surface area contributed by atoms with Gasteiger partial charge in [0.1, 0.15) is 0 Å². The summed E-state index contributed by atoms with van der Waals surface area (Å²) >= 11 is 0. The number of amides is 1. The molecule has 0 rings (SSSR count). The van der Waals surface area contributed by atoms with Crippen LogP contribution in [0.4, 0.5) is 0 Å². The van der Waals surface area contributed by atoms with Crippen molar-refractivity contribution in [1.29, 1.82) is 0 Å². The number of allylic oxidation sites excluding steroid dienone is 3. The van der Waals surface area contributed by atoms with E-state index in [1.165, 1.54) is 0 Å². The highest BCUT2D eigenvalue weighted by molar-refractivity contribution is 5.76. The quantitative estimate of drug-likeness (QED) is 0.278. The minimum Gasteiger partial charge on any atom is -0.294 e. The molecule has 3 heteroatoms. The summed E-state index contributed by atoms with van der Waals surface area (Å²) in [6.07, 6.45) is 8.06. The Kier molecular flexibility index (Phi) is 6.38. The van der Waals surface area contributed by atoms with E-state index in [2.05, 4.69) is 25.2 Å². The van der Waals surface area contributed by atoms with Gasteiger partial charge in [-0.1, -0.05) is 18.2 Å². The van der Waals surface area contributed by atoms with Crippen LogP contribution < -0.4 is 11.3 Å². The van der Waals surface area contributed by atoms with E-state index in [1.54, 1.807) is 0 Å². The molecule has 3 nitrogen and oxygen atoms in total. The predicted octanol–water partition coefficient (Wildman–Crippen LogP) is 2.08. The van der Waals surface area contributed by atoms with Gasteiger partial charge in [-0.15, -0.1) is 19.7 Å². The normalized spacial score (nSPS) is 10.5. The van der Waals surface area contributed by atoms with Crippen LogP contribution in [0.1, 0.15) is 25.7 Å². The Morgan fingerprint density at radius 2 is 1.53 bits per heavy atom. The average Bonchev–Trinajstić information content (AvgIpc) is 2.18. The number of carbonyl (C=O) groups is 1. The van der Waals surface area contributed by atoms with Gasteiger partial charge in [0.25, 0.3) is 0 Å². The van der Waals surface area contributed by atoms with Crippen molar-refractivity contribution in [2.24, 2.45) is 11.3 Å². The van der Waals surface area contributed by atoms with Gasteiger partial charge in [0.15, 0.2) is 0 Å². The summed E-state index contributed by atoms with van der Waals surface area (Å²) < 4.78 is 0. The zero-order chi connectivity index (χ0) is 11.7. The highest BCUT2D eigenvalue weighted by Gasteiger charge is 2.28. The molecule has 0 aliphatic rings. The Bertz CT molecular complexity index is 219. The second-order valence-electron chi connectivity index (χ2n) is 3.72. The Labute approximate surface area is 91.7 Å². The van der Waals surface area contributed by atoms with Crippen molar-refractivity contribution >= 4 is 5.91 Å². The maximum Gasteiger partial charge on any atom is 0.234 e. The van der Waals surface area contributed by atoms with Crippen LogP contribution >= 0.6 is 0 Å². The molecule has 0 unspecified atom stereocenters. The molecule has 0 aliphatic carbocycles. The molecule has 0 aromatic carbocycles. The van der Waals surface area contributed by atoms with Crippen LogP contribution in [0.5, 0.6) is 0 Å². The third-order valence-corrected chi connectivity index (χ3v) is 2.43. The van der Waals surface area contributed by atoms with Crippen molar-refractivity contribution in [3.63, 3.8) is 0 Å². The van der Waals surface area contributed by atoms with E-state index in [9.17, 15) is 4.79 Å². The molecule has 0 saturated carbocycles. The third kappa shape index (κ3) is 4.61. The highest BCUT2D eigenvalue weighted by atomic mass is 16.2. The lowest BCUT2D eigenvalue weighted by molar-refractivity contribution is -0.123. The molecule has 0 heterocycles. The second-order valence-corrected chi connectivity index (χ2v) is 3.72. The van der Waals surface area contributed by atoms with Gasteiger partial charge in [-0.2, -0.15) is 0 Å². The summed E-state index contributed by atoms with van der Waals surface area (Å²) in [6, 6.07) is 0. The van der Waals surface area contributed by atoms with Crippen LogP contribution in [0.2, 0.25) is 0 Å². The van der Waals surface area contributed by atoms with E-state index < -0.39 is 0 Å². The lowest BCUT2D eigenvalue weighted by Crippen LogP contribution is -2.35. The molecule has 0 aromatic heterocycles. The minimum atomic E-state index is -0.172. The molecule has 0 saturated heterocycles. The Morgan fingerprint density at radius 1 is 1.13 bits per heavy atom. The molecule has 0 radical (unpaired) electrons. The fraction of sp³-hybridized carbons (Fsp3) is 0.417. The first-order valence-corrected chi connectivity index (χ1v) is 4.96. The lowest BCUT2D eigenvalue weighted by atomic mass is 9.75. The van der Waals surface area contributed by atoms with E-state index in [0.29, 0.717) is 6.42 Å². The van der Waals surface area contributed by atoms with Crippen molar-refractivity contribution in [3.8, 4) is 0 Å². The van der Waals surface area contributed by atoms with E-state index in [0.717, 1.165) is 19.3 Å². The first-order valence-electron chi connectivity index (χ1n) is 4.96. The van der Waals surface area contributed by atoms with Gasteiger partial charge in [0.2, 0.25) is 5.91 Å².